The zero-order valence-corrected chi connectivity index (χ0v) is 41.8. The first-order valence-electron chi connectivity index (χ1n) is 23.6. The molecule has 6 heteroatoms. The van der Waals surface area contributed by atoms with Gasteiger partial charge in [0.05, 0.1) is 12.3 Å². The third-order valence-corrected chi connectivity index (χ3v) is 17.9. The third kappa shape index (κ3) is 7.05. The average Bonchev–Trinajstić information content (AvgIpc) is 3.92. The Hall–Kier alpha value is -5.29. The number of nitrogens with zero attached hydrogens (tertiary/aromatic N) is 1. The number of aliphatic imine (C=N–C) groups is 1. The van der Waals surface area contributed by atoms with Crippen molar-refractivity contribution in [3.05, 3.63) is 176 Å². The number of benzene rings is 6. The number of thiol groups is 1. The minimum atomic E-state index is 0.148. The Kier molecular flexibility index (Phi) is 11.3. The molecule has 0 saturated carbocycles. The van der Waals surface area contributed by atoms with Gasteiger partial charge >= 0.3 is 0 Å². The van der Waals surface area contributed by atoms with Crippen LogP contribution in [0.25, 0.3) is 53.6 Å². The summed E-state index contributed by atoms with van der Waals surface area (Å²) in [6, 6.07) is 27.0. The van der Waals surface area contributed by atoms with Gasteiger partial charge in [0.1, 0.15) is 23.5 Å². The summed E-state index contributed by atoms with van der Waals surface area (Å²) in [7, 11) is 6.92. The van der Waals surface area contributed by atoms with E-state index in [1.165, 1.54) is 142 Å². The number of aryl methyl sites for hydroxylation is 3. The van der Waals surface area contributed by atoms with Gasteiger partial charge in [0.2, 0.25) is 0 Å². The summed E-state index contributed by atoms with van der Waals surface area (Å²) in [5.41, 5.74) is 31.0. The van der Waals surface area contributed by atoms with Crippen molar-refractivity contribution in [1.29, 1.82) is 0 Å². The maximum absolute atomic E-state index is 5.80. The Morgan fingerprint density at radius 1 is 0.677 bits per heavy atom. The fraction of sp³-hybridized carbons (Fsp3) is 0.237. The second kappa shape index (κ2) is 16.9. The van der Waals surface area contributed by atoms with Gasteiger partial charge in [-0.3, -0.25) is 4.99 Å². The molecular formula is C59H58B3NS2. The third-order valence-electron chi connectivity index (χ3n) is 15.8. The van der Waals surface area contributed by atoms with Crippen LogP contribution in [0.2, 0.25) is 0 Å². The molecule has 320 valence electrons. The molecule has 2 unspecified atom stereocenters. The van der Waals surface area contributed by atoms with E-state index in [2.05, 4.69) is 182 Å². The molecule has 0 fully saturated rings. The zero-order chi connectivity index (χ0) is 45.6. The molecule has 0 radical (unpaired) electrons. The van der Waals surface area contributed by atoms with Crippen LogP contribution in [-0.2, 0) is 13.0 Å². The molecular weight excluding hydrogens is 819 g/mol. The van der Waals surface area contributed by atoms with Crippen LogP contribution in [-0.4, -0.2) is 29.3 Å². The van der Waals surface area contributed by atoms with Crippen molar-refractivity contribution < 1.29 is 0 Å². The molecule has 65 heavy (non-hydrogen) atoms. The van der Waals surface area contributed by atoms with E-state index in [-0.39, 0.29) is 5.92 Å². The zero-order valence-electron chi connectivity index (χ0n) is 40.1. The first-order chi connectivity index (χ1) is 31.3. The molecule has 3 aliphatic carbocycles. The van der Waals surface area contributed by atoms with Crippen molar-refractivity contribution in [3.8, 4) is 22.3 Å². The van der Waals surface area contributed by atoms with E-state index >= 15 is 0 Å². The van der Waals surface area contributed by atoms with Gasteiger partial charge in [-0.05, 0) is 174 Å². The van der Waals surface area contributed by atoms with Gasteiger partial charge in [-0.25, -0.2) is 0 Å². The lowest BCUT2D eigenvalue weighted by atomic mass is 9.70. The van der Waals surface area contributed by atoms with Crippen LogP contribution < -0.4 is 16.4 Å². The number of allylic oxidation sites excluding steroid dienone is 8. The fourth-order valence-electron chi connectivity index (χ4n) is 11.7. The summed E-state index contributed by atoms with van der Waals surface area (Å²) in [5.74, 6) is 0.722. The normalized spacial score (nSPS) is 17.1. The van der Waals surface area contributed by atoms with Crippen molar-refractivity contribution in [2.45, 2.75) is 86.1 Å². The summed E-state index contributed by atoms with van der Waals surface area (Å²) in [4.78, 5) is 6.91. The molecule has 10 rings (SSSR count). The van der Waals surface area contributed by atoms with Gasteiger partial charge in [0.25, 0.3) is 0 Å². The molecule has 0 saturated heterocycles. The highest BCUT2D eigenvalue weighted by Crippen LogP contribution is 2.46. The van der Waals surface area contributed by atoms with Gasteiger partial charge in [-0.2, -0.15) is 0 Å². The average molecular weight is 878 g/mol. The molecule has 0 aliphatic heterocycles. The predicted molar refractivity (Wildman–Crippen MR) is 297 cm³/mol. The number of hydrogen-bond acceptors (Lipinski definition) is 3. The van der Waals surface area contributed by atoms with E-state index in [4.69, 9.17) is 17.6 Å². The Balaban J connectivity index is 1.12. The SMILES string of the molecule is Bc1c(C)c(-c2c(B)c(B)c3sc4c(C)c(/C(=N\Cc5ccccc5-c5ccc6c(c5)CC5=C6C(C)CC=C5)C5C=CC(c6ccccc6)=CC5)c(C)c(C)c4c3c2C)c(C)c(C)c1S. The van der Waals surface area contributed by atoms with E-state index in [1.54, 1.807) is 5.57 Å². The summed E-state index contributed by atoms with van der Waals surface area (Å²) in [5, 5.41) is 2.83. The van der Waals surface area contributed by atoms with E-state index in [1.807, 2.05) is 11.3 Å². The molecule has 3 aliphatic rings. The van der Waals surface area contributed by atoms with Crippen molar-refractivity contribution in [2.24, 2.45) is 16.8 Å². The number of rotatable bonds is 7. The van der Waals surface area contributed by atoms with Crippen molar-refractivity contribution >= 4 is 101 Å². The van der Waals surface area contributed by atoms with Crippen LogP contribution >= 0.6 is 24.0 Å². The Morgan fingerprint density at radius 3 is 2.17 bits per heavy atom. The van der Waals surface area contributed by atoms with Gasteiger partial charge in [-0.15, -0.1) is 24.0 Å². The monoisotopic (exact) mass is 877 g/mol. The lowest BCUT2D eigenvalue weighted by Gasteiger charge is -2.25. The Labute approximate surface area is 399 Å². The minimum Gasteiger partial charge on any atom is -0.284 e. The second-order valence-electron chi connectivity index (χ2n) is 19.3. The highest BCUT2D eigenvalue weighted by molar-refractivity contribution is 7.80. The topological polar surface area (TPSA) is 12.4 Å². The second-order valence-corrected chi connectivity index (χ2v) is 20.8. The van der Waals surface area contributed by atoms with Crippen molar-refractivity contribution in [2.75, 3.05) is 0 Å². The van der Waals surface area contributed by atoms with E-state index in [9.17, 15) is 0 Å². The van der Waals surface area contributed by atoms with E-state index < -0.39 is 0 Å². The first kappa shape index (κ1) is 43.6. The summed E-state index contributed by atoms with van der Waals surface area (Å²) in [6.07, 6.45) is 15.0. The molecule has 6 aromatic carbocycles. The smallest absolute Gasteiger partial charge is 0.141 e. The summed E-state index contributed by atoms with van der Waals surface area (Å²) >= 11 is 6.96. The summed E-state index contributed by atoms with van der Waals surface area (Å²) in [6.45, 7) is 19.3. The molecule has 0 spiro atoms. The van der Waals surface area contributed by atoms with Crippen LogP contribution in [0.5, 0.6) is 0 Å². The van der Waals surface area contributed by atoms with Crippen molar-refractivity contribution in [1.82, 2.24) is 0 Å². The maximum atomic E-state index is 5.80. The fourth-order valence-corrected chi connectivity index (χ4v) is 13.5. The Morgan fingerprint density at radius 2 is 1.42 bits per heavy atom. The number of fused-ring (bicyclic) bond motifs is 5. The van der Waals surface area contributed by atoms with Crippen LogP contribution in [0.4, 0.5) is 0 Å². The van der Waals surface area contributed by atoms with Gasteiger partial charge in [0, 0.05) is 36.5 Å². The van der Waals surface area contributed by atoms with Crippen molar-refractivity contribution in [3.63, 3.8) is 0 Å². The molecule has 1 nitrogen and oxygen atoms in total. The standard InChI is InChI=1S/C59H58B3NS2/c1-30-15-14-19-42-28-44-27-41(25-26-46(44)47(30)42)45-20-13-12-18-43(45)29-63-56(40-23-21-39(22-24-40)38-16-10-9-11-17-38)49-31(2)32(3)51-52-35(6)50(48-33(4)34(5)57(64)53(60)36(48)7)54(61)55(62)59(52)65-58(51)37(49)8/h9-14,16-23,25-27,30,40,64H,15,24,28-29,60-62H2,1-8H3/b63-56-. The lowest BCUT2D eigenvalue weighted by Crippen LogP contribution is -2.30. The van der Waals surface area contributed by atoms with Crippen LogP contribution in [0, 0.1) is 60.3 Å². The Bertz CT molecular complexity index is 3310. The molecule has 7 aromatic rings. The van der Waals surface area contributed by atoms with Crippen LogP contribution in [0.15, 0.2) is 119 Å². The molecule has 1 aromatic heterocycles. The predicted octanol–water partition coefficient (Wildman–Crippen LogP) is 11.2. The van der Waals surface area contributed by atoms with E-state index in [0.29, 0.717) is 12.5 Å². The lowest BCUT2D eigenvalue weighted by molar-refractivity contribution is 0.755. The van der Waals surface area contributed by atoms with Crippen LogP contribution in [0.3, 0.4) is 0 Å². The minimum absolute atomic E-state index is 0.148. The first-order valence-corrected chi connectivity index (χ1v) is 24.9. The quantitative estimate of drug-likeness (QED) is 0.0931. The molecule has 0 N–H and O–H groups in total. The molecule has 1 heterocycles. The van der Waals surface area contributed by atoms with Gasteiger partial charge in [-0.1, -0.05) is 126 Å². The van der Waals surface area contributed by atoms with Crippen LogP contribution in [0.1, 0.15) is 86.5 Å². The highest BCUT2D eigenvalue weighted by atomic mass is 32.1. The van der Waals surface area contributed by atoms with Gasteiger partial charge < -0.3 is 0 Å². The number of thiophene rings is 1. The number of hydrogen-bond donors (Lipinski definition) is 1. The molecule has 0 bridgehead atoms. The molecule has 2 atom stereocenters. The van der Waals surface area contributed by atoms with E-state index in [0.717, 1.165) is 24.2 Å². The largest absolute Gasteiger partial charge is 0.284 e. The van der Waals surface area contributed by atoms with Gasteiger partial charge in [0.15, 0.2) is 0 Å². The summed E-state index contributed by atoms with van der Waals surface area (Å²) < 4.78 is 2.80. The molecule has 0 amide bonds. The maximum Gasteiger partial charge on any atom is 0.141 e. The highest BCUT2D eigenvalue weighted by Gasteiger charge is 2.29.